The van der Waals surface area contributed by atoms with Gasteiger partial charge >= 0.3 is 5.97 Å². The average Bonchev–Trinajstić information content (AvgIpc) is 3.51. The molecule has 3 heteroatoms. The summed E-state index contributed by atoms with van der Waals surface area (Å²) in [5.74, 6) is -0.558. The molecule has 0 bridgehead atoms. The highest BCUT2D eigenvalue weighted by atomic mass is 16.4. The highest BCUT2D eigenvalue weighted by Crippen LogP contribution is 2.30. The molecule has 1 aromatic carbocycles. The lowest BCUT2D eigenvalue weighted by Crippen LogP contribution is -2.46. The van der Waals surface area contributed by atoms with E-state index in [1.54, 1.807) is 6.92 Å². The first-order valence-corrected chi connectivity index (χ1v) is 37.1. The van der Waals surface area contributed by atoms with Crippen LogP contribution in [0.15, 0.2) is 24.3 Å². The Morgan fingerprint density at radius 2 is 0.580 bits per heavy atom. The highest BCUT2D eigenvalue weighted by molar-refractivity contribution is 5.75. The summed E-state index contributed by atoms with van der Waals surface area (Å²) < 4.78 is 3.12. The van der Waals surface area contributed by atoms with Crippen molar-refractivity contribution in [1.82, 2.24) is 0 Å². The molecule has 1 unspecified atom stereocenters. The van der Waals surface area contributed by atoms with Gasteiger partial charge in [0.25, 0.3) is 0 Å². The standard InChI is InChI=1S/C65H126N.C13H18O2/c1-7-13-19-25-31-37-43-49-55-61-62(56-50-44-38-32-26-20-14-8-2)64(58-52-46-40-34-28-22-16-10-4)66(60-54-48-42-36-30-24-18-12-6)65(59-53-47-41-35-29-23-17-11-5)63(61)57-51-45-39-33-27-21-15-9-3;1-9(2)8-11-4-6-12(7-5-11)10(3)13(14)15/h7-60H2,1-6H3;4-7,9-10H,8H2,1-3H3,(H,14,15)/q+1;. The lowest BCUT2D eigenvalue weighted by Gasteiger charge is -2.23. The van der Waals surface area contributed by atoms with Gasteiger partial charge in [-0.05, 0) is 93.7 Å². The minimum atomic E-state index is -0.772. The van der Waals surface area contributed by atoms with Crippen molar-refractivity contribution in [3.05, 3.63) is 63.5 Å². The van der Waals surface area contributed by atoms with E-state index in [1.807, 2.05) is 52.3 Å². The second-order valence-electron chi connectivity index (χ2n) is 26.5. The molecule has 1 atom stereocenters. The van der Waals surface area contributed by atoms with Crippen molar-refractivity contribution in [3.63, 3.8) is 0 Å². The SMILES string of the molecule is CC(C)Cc1ccc(C(C)C(=O)O)cc1.CCCCCCCCCCc1c(CCCCCCCCCC)c(CCCCCCCCCC)[n+](CCCCCCCCCC)c(CCCCCCCCCC)c1CCCCCCCCCC. The maximum absolute atomic E-state index is 10.8. The Hall–Kier alpha value is -2.16. The second kappa shape index (κ2) is 56.9. The summed E-state index contributed by atoms with van der Waals surface area (Å²) in [6, 6.07) is 7.87. The third-order valence-electron chi connectivity index (χ3n) is 18.2. The molecular weight excluding hydrogens is 983 g/mol. The first-order chi connectivity index (χ1) is 39.7. The minimum Gasteiger partial charge on any atom is -0.481 e. The summed E-state index contributed by atoms with van der Waals surface area (Å²) in [5, 5.41) is 8.85. The van der Waals surface area contributed by atoms with Gasteiger partial charge < -0.3 is 5.11 Å². The summed E-state index contributed by atoms with van der Waals surface area (Å²) in [5.41, 5.74) is 11.6. The number of carboxylic acid groups (broad SMARTS) is 1. The largest absolute Gasteiger partial charge is 0.481 e. The zero-order valence-corrected chi connectivity index (χ0v) is 56.7. The topological polar surface area (TPSA) is 41.2 Å². The summed E-state index contributed by atoms with van der Waals surface area (Å²) in [6.07, 6.45) is 76.3. The fourth-order valence-corrected chi connectivity index (χ4v) is 12.9. The van der Waals surface area contributed by atoms with Gasteiger partial charge in [0.2, 0.25) is 0 Å². The third-order valence-corrected chi connectivity index (χ3v) is 18.2. The number of unbranched alkanes of at least 4 members (excludes halogenated alkanes) is 42. The van der Waals surface area contributed by atoms with E-state index >= 15 is 0 Å². The fourth-order valence-electron chi connectivity index (χ4n) is 12.9. The van der Waals surface area contributed by atoms with Crippen molar-refractivity contribution in [1.29, 1.82) is 0 Å². The number of hydrogen-bond acceptors (Lipinski definition) is 1. The molecule has 2 rings (SSSR count). The maximum atomic E-state index is 10.8. The molecule has 472 valence electrons. The molecule has 2 aromatic rings. The average molecular weight is 1130 g/mol. The van der Waals surface area contributed by atoms with Crippen molar-refractivity contribution < 1.29 is 14.5 Å². The number of hydrogen-bond donors (Lipinski definition) is 1. The molecule has 0 aliphatic rings. The van der Waals surface area contributed by atoms with E-state index in [4.69, 9.17) is 5.11 Å². The van der Waals surface area contributed by atoms with Gasteiger partial charge in [-0.25, -0.2) is 0 Å². The van der Waals surface area contributed by atoms with E-state index in [-0.39, 0.29) is 0 Å². The second-order valence-corrected chi connectivity index (χ2v) is 26.5. The van der Waals surface area contributed by atoms with Crippen LogP contribution in [0.25, 0.3) is 0 Å². The maximum Gasteiger partial charge on any atom is 0.310 e. The number of carbonyl (C=O) groups is 1. The summed E-state index contributed by atoms with van der Waals surface area (Å²) in [7, 11) is 0. The number of pyridine rings is 1. The Morgan fingerprint density at radius 1 is 0.333 bits per heavy atom. The van der Waals surface area contributed by atoms with Crippen LogP contribution in [-0.4, -0.2) is 11.1 Å². The van der Waals surface area contributed by atoms with Gasteiger partial charge in [-0.15, -0.1) is 0 Å². The highest BCUT2D eigenvalue weighted by Gasteiger charge is 2.29. The predicted octanol–water partition coefficient (Wildman–Crippen LogP) is 25.6. The molecule has 0 amide bonds. The van der Waals surface area contributed by atoms with Gasteiger partial charge in [0.05, 0.1) is 5.92 Å². The van der Waals surface area contributed by atoms with Gasteiger partial charge in [0, 0.05) is 30.4 Å². The number of rotatable bonds is 58. The molecule has 0 saturated heterocycles. The van der Waals surface area contributed by atoms with Crippen LogP contribution in [0.1, 0.15) is 416 Å². The van der Waals surface area contributed by atoms with E-state index < -0.39 is 11.9 Å². The molecule has 1 heterocycles. The van der Waals surface area contributed by atoms with Crippen molar-refractivity contribution in [2.75, 3.05) is 0 Å². The van der Waals surface area contributed by atoms with Crippen LogP contribution >= 0.6 is 0 Å². The molecule has 3 nitrogen and oxygen atoms in total. The molecule has 0 saturated carbocycles. The third kappa shape index (κ3) is 41.5. The Labute approximate surface area is 508 Å². The van der Waals surface area contributed by atoms with Crippen LogP contribution in [-0.2, 0) is 49.9 Å². The van der Waals surface area contributed by atoms with Gasteiger partial charge in [-0.2, -0.15) is 4.57 Å². The molecule has 0 aliphatic carbocycles. The van der Waals surface area contributed by atoms with E-state index in [9.17, 15) is 4.79 Å². The molecule has 81 heavy (non-hydrogen) atoms. The molecule has 0 aliphatic heterocycles. The van der Waals surface area contributed by atoms with Crippen LogP contribution < -0.4 is 4.57 Å². The lowest BCUT2D eigenvalue weighted by molar-refractivity contribution is -0.712. The van der Waals surface area contributed by atoms with Crippen LogP contribution in [0.3, 0.4) is 0 Å². The van der Waals surface area contributed by atoms with Crippen molar-refractivity contribution >= 4 is 5.97 Å². The van der Waals surface area contributed by atoms with Crippen LogP contribution in [0.4, 0.5) is 0 Å². The van der Waals surface area contributed by atoms with Crippen molar-refractivity contribution in [2.24, 2.45) is 5.92 Å². The zero-order valence-electron chi connectivity index (χ0n) is 56.7. The van der Waals surface area contributed by atoms with Crippen LogP contribution in [0.5, 0.6) is 0 Å². The number of benzene rings is 1. The van der Waals surface area contributed by atoms with Gasteiger partial charge in [0.15, 0.2) is 11.4 Å². The molecule has 1 aromatic heterocycles. The van der Waals surface area contributed by atoms with Crippen molar-refractivity contribution in [3.8, 4) is 0 Å². The molecular formula is C78H144NO2+. The summed E-state index contributed by atoms with van der Waals surface area (Å²) >= 11 is 0. The van der Waals surface area contributed by atoms with Gasteiger partial charge in [0.1, 0.15) is 6.54 Å². The quantitative estimate of drug-likeness (QED) is 0.0530. The Kier molecular flexibility index (Phi) is 54.0. The Morgan fingerprint density at radius 3 is 0.852 bits per heavy atom. The minimum absolute atomic E-state index is 0.418. The van der Waals surface area contributed by atoms with E-state index in [0.29, 0.717) is 5.92 Å². The molecule has 0 fully saturated rings. The number of nitrogens with zero attached hydrogens (tertiary/aromatic N) is 1. The Bertz CT molecular complexity index is 1410. The Balaban J connectivity index is 0.00000187. The van der Waals surface area contributed by atoms with Gasteiger partial charge in [-0.1, -0.05) is 343 Å². The number of aromatic nitrogens is 1. The van der Waals surface area contributed by atoms with Crippen LogP contribution in [0.2, 0.25) is 0 Å². The number of aliphatic carboxylic acids is 1. The molecule has 1 N–H and O–H groups in total. The van der Waals surface area contributed by atoms with Crippen molar-refractivity contribution in [2.45, 2.75) is 422 Å². The van der Waals surface area contributed by atoms with E-state index in [1.165, 1.54) is 352 Å². The smallest absolute Gasteiger partial charge is 0.310 e. The normalized spacial score (nSPS) is 11.9. The lowest BCUT2D eigenvalue weighted by atomic mass is 9.85. The number of carboxylic acids is 1. The predicted molar refractivity (Wildman–Crippen MR) is 362 cm³/mol. The zero-order chi connectivity index (χ0) is 59.1. The molecule has 0 radical (unpaired) electrons. The van der Waals surface area contributed by atoms with E-state index in [2.05, 4.69) is 60.0 Å². The summed E-state index contributed by atoms with van der Waals surface area (Å²) in [4.78, 5) is 10.8. The van der Waals surface area contributed by atoms with Gasteiger partial charge in [-0.3, -0.25) is 4.79 Å². The monoisotopic (exact) mass is 1130 g/mol. The molecule has 0 spiro atoms. The summed E-state index contributed by atoms with van der Waals surface area (Å²) in [6.45, 7) is 21.5. The van der Waals surface area contributed by atoms with E-state index in [0.717, 1.165) is 12.0 Å². The van der Waals surface area contributed by atoms with Crippen LogP contribution in [0, 0.1) is 5.92 Å². The first kappa shape index (κ1) is 76.9. The first-order valence-electron chi connectivity index (χ1n) is 37.1. The fraction of sp³-hybridized carbons (Fsp3) is 0.846.